The van der Waals surface area contributed by atoms with Crippen molar-refractivity contribution >= 4 is 0 Å². The maximum absolute atomic E-state index is 11.2. The van der Waals surface area contributed by atoms with E-state index in [1.165, 1.54) is 12.8 Å². The Labute approximate surface area is 255 Å². The Kier molecular flexibility index (Phi) is 11.1. The minimum atomic E-state index is -0.518. The summed E-state index contributed by atoms with van der Waals surface area (Å²) < 4.78 is 0. The van der Waals surface area contributed by atoms with Crippen LogP contribution in [0.15, 0.2) is 0 Å². The van der Waals surface area contributed by atoms with Gasteiger partial charge in [-0.1, -0.05) is 27.7 Å². The van der Waals surface area contributed by atoms with Crippen molar-refractivity contribution in [1.82, 2.24) is 0 Å². The second kappa shape index (κ2) is 14.0. The van der Waals surface area contributed by atoms with Crippen LogP contribution >= 0.6 is 0 Å². The second-order valence-electron chi connectivity index (χ2n) is 16.5. The summed E-state index contributed by atoms with van der Waals surface area (Å²) in [4.78, 5) is 0. The Balaban J connectivity index is 1.36. The topological polar surface area (TPSA) is 121 Å². The smallest absolute Gasteiger partial charge is 0.0595 e. The van der Waals surface area contributed by atoms with Crippen molar-refractivity contribution in [2.45, 2.75) is 154 Å². The minimum Gasteiger partial charge on any atom is -0.393 e. The van der Waals surface area contributed by atoms with E-state index in [2.05, 4.69) is 27.7 Å². The quantitative estimate of drug-likeness (QED) is 0.254. The molecule has 0 amide bonds. The first-order valence-corrected chi connectivity index (χ1v) is 18.0. The van der Waals surface area contributed by atoms with Crippen LogP contribution < -0.4 is 0 Å². The third-order valence-corrected chi connectivity index (χ3v) is 13.9. The monoisotopic (exact) mass is 592 g/mol. The molecule has 14 atom stereocenters. The standard InChI is InChI=1S/C36H64O6/c1-19-15-31(39)21(3)13-29(19)36(30-14-22(4)32(40)16-20(30)2)24-7-5-23(6-8-24)35(27-11-9-25(37)17-33(27)41)28-12-10-26(38)18-34(28)42/h19-42H,5-18H2,1-4H3. The van der Waals surface area contributed by atoms with Crippen molar-refractivity contribution in [1.29, 1.82) is 0 Å². The van der Waals surface area contributed by atoms with Gasteiger partial charge in [0.25, 0.3) is 0 Å². The van der Waals surface area contributed by atoms with Crippen molar-refractivity contribution in [3.05, 3.63) is 0 Å². The van der Waals surface area contributed by atoms with E-state index in [-0.39, 0.29) is 30.0 Å². The summed E-state index contributed by atoms with van der Waals surface area (Å²) in [6.07, 6.45) is 10.3. The van der Waals surface area contributed by atoms with Gasteiger partial charge in [-0.2, -0.15) is 0 Å². The maximum atomic E-state index is 11.2. The van der Waals surface area contributed by atoms with E-state index in [1.807, 2.05) is 0 Å². The Bertz CT molecular complexity index is 789. The van der Waals surface area contributed by atoms with Gasteiger partial charge in [0.2, 0.25) is 0 Å². The molecule has 42 heavy (non-hydrogen) atoms. The first kappa shape index (κ1) is 33.1. The molecule has 0 aromatic heterocycles. The Morgan fingerprint density at radius 1 is 0.357 bits per heavy atom. The maximum Gasteiger partial charge on any atom is 0.0595 e. The molecule has 5 aliphatic rings. The zero-order valence-corrected chi connectivity index (χ0v) is 27.0. The van der Waals surface area contributed by atoms with Gasteiger partial charge in [0.15, 0.2) is 0 Å². The zero-order valence-electron chi connectivity index (χ0n) is 27.0. The molecular weight excluding hydrogens is 528 g/mol. The van der Waals surface area contributed by atoms with Crippen LogP contribution in [0.2, 0.25) is 0 Å². The number of aliphatic hydroxyl groups excluding tert-OH is 6. The first-order valence-electron chi connectivity index (χ1n) is 18.0. The lowest BCUT2D eigenvalue weighted by molar-refractivity contribution is -0.0992. The highest BCUT2D eigenvalue weighted by Gasteiger charge is 2.50. The number of hydrogen-bond donors (Lipinski definition) is 6. The van der Waals surface area contributed by atoms with Gasteiger partial charge in [0.05, 0.1) is 36.6 Å². The third kappa shape index (κ3) is 7.09. The SMILES string of the molecule is CC1CC(C(C2CCC(C(C3CCC(O)CC3O)C3CCC(O)CC3O)CC2)C2CC(C)C(O)CC2C)C(C)CC1O. The van der Waals surface area contributed by atoms with Crippen molar-refractivity contribution in [3.8, 4) is 0 Å². The van der Waals surface area contributed by atoms with Crippen LogP contribution in [0.1, 0.15) is 118 Å². The van der Waals surface area contributed by atoms with E-state index < -0.39 is 24.4 Å². The summed E-state index contributed by atoms with van der Waals surface area (Å²) in [5.74, 6) is 5.09. The molecule has 0 spiro atoms. The van der Waals surface area contributed by atoms with Gasteiger partial charge in [-0.05, 0) is 161 Å². The fourth-order valence-corrected chi connectivity index (χ4v) is 11.4. The fraction of sp³-hybridized carbons (Fsp3) is 1.00. The molecule has 6 heteroatoms. The molecule has 0 aliphatic heterocycles. The van der Waals surface area contributed by atoms with Crippen LogP contribution in [0.4, 0.5) is 0 Å². The molecule has 0 aromatic carbocycles. The van der Waals surface area contributed by atoms with Gasteiger partial charge >= 0.3 is 0 Å². The van der Waals surface area contributed by atoms with E-state index in [4.69, 9.17) is 0 Å². The molecule has 5 rings (SSSR count). The van der Waals surface area contributed by atoms with Crippen LogP contribution in [0.5, 0.6) is 0 Å². The largest absolute Gasteiger partial charge is 0.393 e. The Morgan fingerprint density at radius 2 is 0.714 bits per heavy atom. The van der Waals surface area contributed by atoms with E-state index in [0.717, 1.165) is 64.2 Å². The average Bonchev–Trinajstić information content (AvgIpc) is 2.93. The molecule has 244 valence electrons. The normalized spacial score (nSPS) is 52.4. The van der Waals surface area contributed by atoms with Gasteiger partial charge in [-0.3, -0.25) is 0 Å². The molecule has 0 saturated heterocycles. The molecular formula is C36H64O6. The van der Waals surface area contributed by atoms with E-state index in [1.54, 1.807) is 0 Å². The van der Waals surface area contributed by atoms with Gasteiger partial charge in [-0.15, -0.1) is 0 Å². The lowest BCUT2D eigenvalue weighted by Gasteiger charge is -2.53. The summed E-state index contributed by atoms with van der Waals surface area (Å²) in [6, 6.07) is 0. The Morgan fingerprint density at radius 3 is 1.07 bits per heavy atom. The molecule has 0 radical (unpaired) electrons. The molecule has 5 aliphatic carbocycles. The summed E-state index contributed by atoms with van der Waals surface area (Å²) in [5, 5.41) is 64.4. The minimum absolute atomic E-state index is 0.113. The molecule has 14 unspecified atom stereocenters. The average molecular weight is 593 g/mol. The van der Waals surface area contributed by atoms with Gasteiger partial charge in [0, 0.05) is 0 Å². The summed E-state index contributed by atoms with van der Waals surface area (Å²) in [6.45, 7) is 9.21. The lowest BCUT2D eigenvalue weighted by atomic mass is 9.53. The predicted octanol–water partition coefficient (Wildman–Crippen LogP) is 5.16. The predicted molar refractivity (Wildman–Crippen MR) is 165 cm³/mol. The molecule has 0 heterocycles. The van der Waals surface area contributed by atoms with Crippen molar-refractivity contribution in [3.63, 3.8) is 0 Å². The molecule has 0 bridgehead atoms. The Hall–Kier alpha value is -0.240. The lowest BCUT2D eigenvalue weighted by Crippen LogP contribution is -2.49. The number of hydrogen-bond acceptors (Lipinski definition) is 6. The van der Waals surface area contributed by atoms with Crippen molar-refractivity contribution in [2.24, 2.45) is 71.0 Å². The van der Waals surface area contributed by atoms with Crippen LogP contribution in [0, 0.1) is 71.0 Å². The molecule has 6 nitrogen and oxygen atoms in total. The van der Waals surface area contributed by atoms with Crippen molar-refractivity contribution < 1.29 is 30.6 Å². The number of rotatable bonds is 6. The second-order valence-corrected chi connectivity index (χ2v) is 16.5. The zero-order chi connectivity index (χ0) is 30.3. The first-order chi connectivity index (χ1) is 19.9. The van der Waals surface area contributed by atoms with Crippen LogP contribution in [0.25, 0.3) is 0 Å². The highest BCUT2D eigenvalue weighted by Crippen LogP contribution is 2.55. The molecule has 5 saturated carbocycles. The van der Waals surface area contributed by atoms with Gasteiger partial charge < -0.3 is 30.6 Å². The van der Waals surface area contributed by atoms with Crippen LogP contribution in [-0.2, 0) is 0 Å². The number of aliphatic hydroxyl groups is 6. The van der Waals surface area contributed by atoms with Gasteiger partial charge in [-0.25, -0.2) is 0 Å². The fourth-order valence-electron chi connectivity index (χ4n) is 11.4. The third-order valence-electron chi connectivity index (χ3n) is 13.9. The van der Waals surface area contributed by atoms with Crippen LogP contribution in [0.3, 0.4) is 0 Å². The summed E-state index contributed by atoms with van der Waals surface area (Å²) in [7, 11) is 0. The van der Waals surface area contributed by atoms with Crippen LogP contribution in [-0.4, -0.2) is 67.3 Å². The van der Waals surface area contributed by atoms with E-state index in [0.29, 0.717) is 66.1 Å². The summed E-state index contributed by atoms with van der Waals surface area (Å²) >= 11 is 0. The van der Waals surface area contributed by atoms with E-state index >= 15 is 0 Å². The molecule has 6 N–H and O–H groups in total. The molecule has 5 fully saturated rings. The van der Waals surface area contributed by atoms with Crippen molar-refractivity contribution in [2.75, 3.05) is 0 Å². The molecule has 0 aromatic rings. The van der Waals surface area contributed by atoms with Gasteiger partial charge in [0.1, 0.15) is 0 Å². The summed E-state index contributed by atoms with van der Waals surface area (Å²) in [5.41, 5.74) is 0. The highest BCUT2D eigenvalue weighted by atomic mass is 16.3. The van der Waals surface area contributed by atoms with E-state index in [9.17, 15) is 30.6 Å². The highest BCUT2D eigenvalue weighted by molar-refractivity contribution is 4.99.